The van der Waals surface area contributed by atoms with Crippen LogP contribution < -0.4 is 10.1 Å². The van der Waals surface area contributed by atoms with E-state index in [1.54, 1.807) is 18.2 Å². The van der Waals surface area contributed by atoms with Crippen molar-refractivity contribution in [3.63, 3.8) is 0 Å². The van der Waals surface area contributed by atoms with Gasteiger partial charge in [-0.05, 0) is 25.8 Å². The molecule has 0 aliphatic heterocycles. The molecule has 1 amide bonds. The number of rotatable bonds is 5. The lowest BCUT2D eigenvalue weighted by Crippen LogP contribution is -2.34. The molecule has 2 N–H and O–H groups in total. The van der Waals surface area contributed by atoms with Crippen molar-refractivity contribution in [1.82, 2.24) is 4.98 Å². The summed E-state index contributed by atoms with van der Waals surface area (Å²) in [6.07, 6.45) is 5.97. The first kappa shape index (κ1) is 15.0. The first-order valence-electron chi connectivity index (χ1n) is 6.89. The van der Waals surface area contributed by atoms with Crippen LogP contribution >= 0.6 is 0 Å². The van der Waals surface area contributed by atoms with Gasteiger partial charge in [0.25, 0.3) is 0 Å². The van der Waals surface area contributed by atoms with Crippen molar-refractivity contribution < 1.29 is 19.4 Å². The summed E-state index contributed by atoms with van der Waals surface area (Å²) < 4.78 is 5.22. The molecule has 1 aliphatic carbocycles. The topological polar surface area (TPSA) is 88.5 Å². The fraction of sp³-hybridized carbons (Fsp3) is 0.400. The highest BCUT2D eigenvalue weighted by Crippen LogP contribution is 2.27. The van der Waals surface area contributed by atoms with E-state index < -0.39 is 17.8 Å². The van der Waals surface area contributed by atoms with Crippen LogP contribution in [0.5, 0.6) is 5.88 Å². The number of pyridine rings is 1. The summed E-state index contributed by atoms with van der Waals surface area (Å²) in [5.74, 6) is -1.98. The number of carbonyl (C=O) groups is 2. The van der Waals surface area contributed by atoms with Crippen LogP contribution in [0.2, 0.25) is 0 Å². The van der Waals surface area contributed by atoms with Gasteiger partial charge in [0.2, 0.25) is 11.8 Å². The first-order valence-corrected chi connectivity index (χ1v) is 6.89. The molecule has 0 aromatic carbocycles. The number of nitrogens with one attached hydrogen (secondary N) is 1. The van der Waals surface area contributed by atoms with Crippen molar-refractivity contribution in [2.24, 2.45) is 11.8 Å². The Labute approximate surface area is 122 Å². The van der Waals surface area contributed by atoms with Crippen molar-refractivity contribution in [3.05, 3.63) is 30.5 Å². The minimum absolute atomic E-state index is 0.294. The second kappa shape index (κ2) is 6.88. The number of aliphatic carboxylic acids is 1. The Kier molecular flexibility index (Phi) is 4.92. The Morgan fingerprint density at radius 2 is 2.05 bits per heavy atom. The number of carboxylic acids is 1. The predicted molar refractivity (Wildman–Crippen MR) is 77.0 cm³/mol. The number of amides is 1. The predicted octanol–water partition coefficient (Wildman–Crippen LogP) is 2.09. The molecule has 1 aromatic heterocycles. The summed E-state index contributed by atoms with van der Waals surface area (Å²) >= 11 is 0. The Hall–Kier alpha value is -2.37. The van der Waals surface area contributed by atoms with E-state index in [-0.39, 0.29) is 5.91 Å². The van der Waals surface area contributed by atoms with Crippen molar-refractivity contribution in [2.75, 3.05) is 11.9 Å². The van der Waals surface area contributed by atoms with Crippen LogP contribution in [-0.2, 0) is 9.59 Å². The van der Waals surface area contributed by atoms with Crippen LogP contribution in [0.4, 0.5) is 5.69 Å². The average Bonchev–Trinajstić information content (AvgIpc) is 2.49. The van der Waals surface area contributed by atoms with E-state index >= 15 is 0 Å². The van der Waals surface area contributed by atoms with E-state index in [9.17, 15) is 14.7 Å². The second-order valence-corrected chi connectivity index (χ2v) is 4.80. The zero-order chi connectivity index (χ0) is 15.2. The maximum Gasteiger partial charge on any atom is 0.307 e. The van der Waals surface area contributed by atoms with E-state index in [0.29, 0.717) is 31.0 Å². The van der Waals surface area contributed by atoms with E-state index in [1.807, 2.05) is 13.0 Å². The maximum absolute atomic E-state index is 12.2. The summed E-state index contributed by atoms with van der Waals surface area (Å²) in [5.41, 5.74) is 0.530. The summed E-state index contributed by atoms with van der Waals surface area (Å²) in [5, 5.41) is 11.9. The van der Waals surface area contributed by atoms with Gasteiger partial charge in [-0.15, -0.1) is 0 Å². The van der Waals surface area contributed by atoms with Gasteiger partial charge in [0.05, 0.1) is 30.3 Å². The van der Waals surface area contributed by atoms with Gasteiger partial charge < -0.3 is 15.2 Å². The van der Waals surface area contributed by atoms with Crippen LogP contribution in [0.15, 0.2) is 30.5 Å². The van der Waals surface area contributed by atoms with E-state index in [1.165, 1.54) is 6.20 Å². The lowest BCUT2D eigenvalue weighted by Gasteiger charge is -2.24. The van der Waals surface area contributed by atoms with Gasteiger partial charge >= 0.3 is 5.97 Å². The fourth-order valence-corrected chi connectivity index (χ4v) is 2.30. The molecule has 112 valence electrons. The minimum Gasteiger partial charge on any atom is -0.481 e. The molecule has 1 aliphatic rings. The lowest BCUT2D eigenvalue weighted by molar-refractivity contribution is -0.146. The molecule has 1 heterocycles. The summed E-state index contributed by atoms with van der Waals surface area (Å²) in [4.78, 5) is 27.5. The van der Waals surface area contributed by atoms with Crippen LogP contribution in [0.25, 0.3) is 0 Å². The fourth-order valence-electron chi connectivity index (χ4n) is 2.30. The molecule has 0 unspecified atom stereocenters. The number of carbonyl (C=O) groups excluding carboxylic acids is 1. The highest BCUT2D eigenvalue weighted by molar-refractivity contribution is 5.95. The van der Waals surface area contributed by atoms with Gasteiger partial charge in [-0.3, -0.25) is 9.59 Å². The van der Waals surface area contributed by atoms with Gasteiger partial charge in [0.15, 0.2) is 0 Å². The molecule has 21 heavy (non-hydrogen) atoms. The number of hydrogen-bond donors (Lipinski definition) is 2. The number of nitrogens with zero attached hydrogens (tertiary/aromatic N) is 1. The minimum atomic E-state index is -0.940. The van der Waals surface area contributed by atoms with Gasteiger partial charge in [-0.25, -0.2) is 4.98 Å². The van der Waals surface area contributed by atoms with Crippen LogP contribution in [0.3, 0.4) is 0 Å². The molecule has 0 spiro atoms. The zero-order valence-corrected chi connectivity index (χ0v) is 11.8. The number of carboxylic acid groups (broad SMARTS) is 1. The Bertz CT molecular complexity index is 539. The Morgan fingerprint density at radius 3 is 2.62 bits per heavy atom. The zero-order valence-electron chi connectivity index (χ0n) is 11.8. The molecule has 0 radical (unpaired) electrons. The normalized spacial score (nSPS) is 20.8. The third kappa shape index (κ3) is 3.81. The standard InChI is InChI=1S/C15H18N2O4/c1-2-21-13-8-7-10(9-16-13)17-14(18)11-5-3-4-6-12(11)15(19)20/h3-4,7-9,11-12H,2,5-6H2,1H3,(H,17,18)(H,19,20)/t11-,12+/m1/s1. The van der Waals surface area contributed by atoms with Gasteiger partial charge in [0, 0.05) is 6.07 Å². The number of hydrogen-bond acceptors (Lipinski definition) is 4. The van der Waals surface area contributed by atoms with E-state index in [0.717, 1.165) is 0 Å². The van der Waals surface area contributed by atoms with E-state index in [4.69, 9.17) is 4.74 Å². The van der Waals surface area contributed by atoms with Crippen molar-refractivity contribution >= 4 is 17.6 Å². The summed E-state index contributed by atoms with van der Waals surface area (Å²) in [7, 11) is 0. The number of ether oxygens (including phenoxy) is 1. The molecule has 2 atom stereocenters. The molecule has 0 bridgehead atoms. The van der Waals surface area contributed by atoms with E-state index in [2.05, 4.69) is 10.3 Å². The Balaban J connectivity index is 2.02. The number of allylic oxidation sites excluding steroid dienone is 2. The van der Waals surface area contributed by atoms with Crippen LogP contribution in [0, 0.1) is 11.8 Å². The second-order valence-electron chi connectivity index (χ2n) is 4.80. The van der Waals surface area contributed by atoms with Crippen molar-refractivity contribution in [2.45, 2.75) is 19.8 Å². The molecular formula is C15H18N2O4. The summed E-state index contributed by atoms with van der Waals surface area (Å²) in [6, 6.07) is 3.35. The molecule has 0 saturated heterocycles. The summed E-state index contributed by atoms with van der Waals surface area (Å²) in [6.45, 7) is 2.38. The Morgan fingerprint density at radius 1 is 1.33 bits per heavy atom. The molecule has 0 fully saturated rings. The first-order chi connectivity index (χ1) is 10.1. The SMILES string of the molecule is CCOc1ccc(NC(=O)[C@@H]2CC=CC[C@@H]2C(=O)O)cn1. The molecule has 0 saturated carbocycles. The third-order valence-corrected chi connectivity index (χ3v) is 3.38. The highest BCUT2D eigenvalue weighted by Gasteiger charge is 2.33. The third-order valence-electron chi connectivity index (χ3n) is 3.38. The lowest BCUT2D eigenvalue weighted by atomic mass is 9.82. The monoisotopic (exact) mass is 290 g/mol. The maximum atomic E-state index is 12.2. The van der Waals surface area contributed by atoms with Gasteiger partial charge in [-0.2, -0.15) is 0 Å². The molecule has 1 aromatic rings. The smallest absolute Gasteiger partial charge is 0.307 e. The highest BCUT2D eigenvalue weighted by atomic mass is 16.5. The molecule has 2 rings (SSSR count). The molecular weight excluding hydrogens is 272 g/mol. The molecule has 6 heteroatoms. The number of aromatic nitrogens is 1. The van der Waals surface area contributed by atoms with Crippen LogP contribution in [0.1, 0.15) is 19.8 Å². The quantitative estimate of drug-likeness (QED) is 0.811. The van der Waals surface area contributed by atoms with Crippen molar-refractivity contribution in [3.8, 4) is 5.88 Å². The molecule has 6 nitrogen and oxygen atoms in total. The average molecular weight is 290 g/mol. The largest absolute Gasteiger partial charge is 0.481 e. The van der Waals surface area contributed by atoms with Crippen LogP contribution in [-0.4, -0.2) is 28.6 Å². The number of anilines is 1. The van der Waals surface area contributed by atoms with Gasteiger partial charge in [0.1, 0.15) is 0 Å². The van der Waals surface area contributed by atoms with Crippen molar-refractivity contribution in [1.29, 1.82) is 0 Å². The van der Waals surface area contributed by atoms with Gasteiger partial charge in [-0.1, -0.05) is 12.2 Å².